The quantitative estimate of drug-likeness (QED) is 0.0689. The molecule has 7 amide bonds. The van der Waals surface area contributed by atoms with Crippen LogP contribution in [-0.4, -0.2) is 156 Å². The fraction of sp³-hybridized carbons (Fsp3) is 0.702. The molecule has 2 aliphatic heterocycles. The molecule has 3 N–H and O–H groups in total. The number of imide groups is 2. The Morgan fingerprint density at radius 2 is 1.00 bits per heavy atom. The maximum atomic E-state index is 13.8. The van der Waals surface area contributed by atoms with Gasteiger partial charge in [0.2, 0.25) is 0 Å². The SMILES string of the molecule is CC(C)(C)N(C(=O)O)C1CCC(CN2C(=O)N(COCC[Si](C)(C)C)C(=O)C23CC(OCc2ccccc2)C3)CC1.C[Si](C)(C)CCOCN1C(=O)N(CC2CCC(N)CC2)C2(CC(OCc3ccccc3)C2)C1=O. The van der Waals surface area contributed by atoms with Gasteiger partial charge in [0.05, 0.1) is 25.4 Å². The van der Waals surface area contributed by atoms with Crippen LogP contribution >= 0.6 is 0 Å². The van der Waals surface area contributed by atoms with Gasteiger partial charge >= 0.3 is 18.2 Å². The topological polar surface area (TPSA) is 185 Å². The standard InChI is InChI=1S/C31H49N3O6Si.C26H41N3O4Si/c1-30(2,3)34(29(37)38)25-14-12-23(13-15-25)20-33-28(36)32(22-39-16-17-41(4,5)6)27(35)31(33)18-26(19-31)40-21-24-10-8-7-9-11-24;1-34(2,3)14-13-32-19-28-24(30)26(15-23(16-26)33-18-21-7-5-4-6-8-21)29(25(28)31)17-20-9-11-22(27)12-10-20/h7-11,23,25-26H,12-22H2,1-6H3,(H,37,38);4-8,20,22-23H,9-19,27H2,1-3H3. The molecule has 0 aromatic heterocycles. The lowest BCUT2D eigenvalue weighted by Gasteiger charge is -2.49. The lowest BCUT2D eigenvalue weighted by molar-refractivity contribution is -0.153. The highest BCUT2D eigenvalue weighted by Gasteiger charge is 2.65. The summed E-state index contributed by atoms with van der Waals surface area (Å²) in [4.78, 5) is 74.3. The zero-order chi connectivity index (χ0) is 54.3. The zero-order valence-corrected chi connectivity index (χ0v) is 48.7. The minimum Gasteiger partial charge on any atom is -0.465 e. The summed E-state index contributed by atoms with van der Waals surface area (Å²) >= 11 is 0. The van der Waals surface area contributed by atoms with Crippen molar-refractivity contribution >= 4 is 46.1 Å². The Hall–Kier alpha value is -4.18. The van der Waals surface area contributed by atoms with E-state index in [0.29, 0.717) is 71.1 Å². The first-order valence-electron chi connectivity index (χ1n) is 27.9. The fourth-order valence-corrected chi connectivity index (χ4v) is 13.3. The second kappa shape index (κ2) is 24.7. The second-order valence-corrected chi connectivity index (χ2v) is 37.2. The van der Waals surface area contributed by atoms with Crippen LogP contribution in [0.3, 0.4) is 0 Å². The molecular formula is C57H90N6O10Si2. The van der Waals surface area contributed by atoms with E-state index in [4.69, 9.17) is 24.7 Å². The maximum absolute atomic E-state index is 13.8. The molecule has 2 saturated heterocycles. The number of hydrogen-bond donors (Lipinski definition) is 2. The fourth-order valence-electron chi connectivity index (χ4n) is 11.8. The molecule has 0 unspecified atom stereocenters. The molecule has 2 aromatic rings. The summed E-state index contributed by atoms with van der Waals surface area (Å²) in [6.07, 6.45) is 8.23. The molecule has 2 heterocycles. The van der Waals surface area contributed by atoms with E-state index in [1.165, 1.54) is 9.80 Å². The summed E-state index contributed by atoms with van der Waals surface area (Å²) in [6, 6.07) is 21.8. The summed E-state index contributed by atoms with van der Waals surface area (Å²) in [5, 5.41) is 9.84. The van der Waals surface area contributed by atoms with Gasteiger partial charge in [-0.3, -0.25) is 9.59 Å². The molecule has 4 aliphatic carbocycles. The van der Waals surface area contributed by atoms with Crippen LogP contribution in [-0.2, 0) is 41.8 Å². The number of nitrogens with zero attached hydrogens (tertiary/aromatic N) is 5. The minimum absolute atomic E-state index is 0.0121. The molecule has 6 fully saturated rings. The number of urea groups is 2. The third kappa shape index (κ3) is 14.7. The van der Waals surface area contributed by atoms with Crippen LogP contribution in [0.15, 0.2) is 60.7 Å². The molecule has 416 valence electrons. The third-order valence-corrected chi connectivity index (χ3v) is 19.9. The lowest BCUT2D eigenvalue weighted by Crippen LogP contribution is -2.62. The first-order chi connectivity index (χ1) is 35.4. The average molecular weight is 1080 g/mol. The normalized spacial score (nSPS) is 28.2. The molecule has 2 aromatic carbocycles. The lowest BCUT2D eigenvalue weighted by atomic mass is 9.72. The Morgan fingerprint density at radius 3 is 1.35 bits per heavy atom. The molecular weight excluding hydrogens is 985 g/mol. The molecule has 2 spiro atoms. The molecule has 18 heteroatoms. The molecule has 16 nitrogen and oxygen atoms in total. The highest BCUT2D eigenvalue weighted by atomic mass is 28.3. The summed E-state index contributed by atoms with van der Waals surface area (Å²) < 4.78 is 23.9. The van der Waals surface area contributed by atoms with E-state index in [9.17, 15) is 29.1 Å². The number of nitrogens with two attached hydrogens (primary N) is 1. The summed E-state index contributed by atoms with van der Waals surface area (Å²) in [5.74, 6) is 0.323. The van der Waals surface area contributed by atoms with Crippen molar-refractivity contribution in [2.45, 2.75) is 203 Å². The van der Waals surface area contributed by atoms with Crippen molar-refractivity contribution in [3.05, 3.63) is 71.8 Å². The van der Waals surface area contributed by atoms with Crippen LogP contribution < -0.4 is 5.73 Å². The molecule has 0 atom stereocenters. The van der Waals surface area contributed by atoms with Crippen LogP contribution in [0.2, 0.25) is 51.4 Å². The number of carboxylic acid groups (broad SMARTS) is 1. The number of ether oxygens (including phenoxy) is 4. The second-order valence-electron chi connectivity index (χ2n) is 25.9. The van der Waals surface area contributed by atoms with Crippen molar-refractivity contribution in [1.29, 1.82) is 0 Å². The van der Waals surface area contributed by atoms with Crippen LogP contribution in [0.5, 0.6) is 0 Å². The van der Waals surface area contributed by atoms with Gasteiger partial charge in [0.1, 0.15) is 24.5 Å². The van der Waals surface area contributed by atoms with Crippen molar-refractivity contribution in [3.63, 3.8) is 0 Å². The van der Waals surface area contributed by atoms with Gasteiger partial charge in [-0.15, -0.1) is 0 Å². The van der Waals surface area contributed by atoms with E-state index >= 15 is 0 Å². The van der Waals surface area contributed by atoms with E-state index in [2.05, 4.69) is 39.3 Å². The molecule has 8 rings (SSSR count). The summed E-state index contributed by atoms with van der Waals surface area (Å²) in [5.41, 5.74) is 6.16. The Morgan fingerprint density at radius 1 is 0.627 bits per heavy atom. The Balaban J connectivity index is 0.000000222. The predicted octanol–water partition coefficient (Wildman–Crippen LogP) is 10.2. The molecule has 6 aliphatic rings. The van der Waals surface area contributed by atoms with Gasteiger partial charge in [0.15, 0.2) is 0 Å². The molecule has 4 saturated carbocycles. The van der Waals surface area contributed by atoms with Gasteiger partial charge in [-0.2, -0.15) is 0 Å². The van der Waals surface area contributed by atoms with Crippen LogP contribution in [0.1, 0.15) is 109 Å². The first kappa shape index (κ1) is 58.5. The molecule has 0 radical (unpaired) electrons. The first-order valence-corrected chi connectivity index (χ1v) is 35.3. The van der Waals surface area contributed by atoms with Crippen molar-refractivity contribution in [1.82, 2.24) is 24.5 Å². The van der Waals surface area contributed by atoms with E-state index in [1.54, 1.807) is 9.80 Å². The maximum Gasteiger partial charge on any atom is 0.407 e. The van der Waals surface area contributed by atoms with E-state index in [0.717, 1.165) is 74.6 Å². The van der Waals surface area contributed by atoms with E-state index < -0.39 is 38.9 Å². The number of amides is 7. The van der Waals surface area contributed by atoms with Crippen molar-refractivity contribution in [2.75, 3.05) is 39.8 Å². The summed E-state index contributed by atoms with van der Waals surface area (Å²) in [7, 11) is -2.53. The predicted molar refractivity (Wildman–Crippen MR) is 295 cm³/mol. The van der Waals surface area contributed by atoms with Gasteiger partial charge < -0.3 is 44.5 Å². The largest absolute Gasteiger partial charge is 0.465 e. The summed E-state index contributed by atoms with van der Waals surface area (Å²) in [6.45, 7) is 22.8. The minimum atomic E-state index is -1.29. The smallest absolute Gasteiger partial charge is 0.407 e. The highest BCUT2D eigenvalue weighted by Crippen LogP contribution is 2.49. The van der Waals surface area contributed by atoms with Gasteiger partial charge in [-0.05, 0) is 107 Å². The van der Waals surface area contributed by atoms with Crippen molar-refractivity contribution < 1.29 is 48.0 Å². The number of rotatable bonds is 21. The van der Waals surface area contributed by atoms with Crippen molar-refractivity contribution in [3.8, 4) is 0 Å². The van der Waals surface area contributed by atoms with Crippen LogP contribution in [0.4, 0.5) is 14.4 Å². The third-order valence-electron chi connectivity index (χ3n) is 16.5. The zero-order valence-electron chi connectivity index (χ0n) is 46.7. The monoisotopic (exact) mass is 1070 g/mol. The van der Waals surface area contributed by atoms with E-state index in [-0.39, 0.29) is 67.5 Å². The average Bonchev–Trinajstić information content (AvgIpc) is 3.66. The van der Waals surface area contributed by atoms with Gasteiger partial charge in [-0.25, -0.2) is 24.2 Å². The Bertz CT molecular complexity index is 2230. The van der Waals surface area contributed by atoms with Crippen LogP contribution in [0.25, 0.3) is 0 Å². The Labute approximate surface area is 449 Å². The number of carbonyl (C=O) groups excluding carboxylic acids is 4. The van der Waals surface area contributed by atoms with E-state index in [1.807, 2.05) is 86.3 Å². The number of hydrogen-bond acceptors (Lipinski definition) is 10. The van der Waals surface area contributed by atoms with Crippen molar-refractivity contribution in [2.24, 2.45) is 17.6 Å². The number of benzene rings is 2. The van der Waals surface area contributed by atoms with Gasteiger partial charge in [0.25, 0.3) is 11.8 Å². The number of carbonyl (C=O) groups is 5. The van der Waals surface area contributed by atoms with Crippen LogP contribution in [0, 0.1) is 11.8 Å². The molecule has 0 bridgehead atoms. The highest BCUT2D eigenvalue weighted by molar-refractivity contribution is 6.76. The van der Waals surface area contributed by atoms with Gasteiger partial charge in [-0.1, -0.05) is 99.9 Å². The Kier molecular flexibility index (Phi) is 19.2. The molecule has 75 heavy (non-hydrogen) atoms. The van der Waals surface area contributed by atoms with Gasteiger partial charge in [0, 0.05) is 85.8 Å².